The third-order valence-corrected chi connectivity index (χ3v) is 6.43. The van der Waals surface area contributed by atoms with Gasteiger partial charge in [-0.05, 0) is 36.2 Å². The van der Waals surface area contributed by atoms with Gasteiger partial charge in [-0.25, -0.2) is 8.42 Å². The average molecular weight is 387 g/mol. The van der Waals surface area contributed by atoms with Gasteiger partial charge in [0.05, 0.1) is 18.1 Å². The molecule has 8 heteroatoms. The Kier molecular flexibility index (Phi) is 5.11. The predicted octanol–water partition coefficient (Wildman–Crippen LogP) is 2.50. The maximum absolute atomic E-state index is 12.6. The number of rotatable bonds is 6. The van der Waals surface area contributed by atoms with Crippen LogP contribution in [-0.4, -0.2) is 50.6 Å². The Morgan fingerprint density at radius 1 is 1.04 bits per heavy atom. The van der Waals surface area contributed by atoms with Crippen molar-refractivity contribution in [3.05, 3.63) is 54.1 Å². The van der Waals surface area contributed by atoms with E-state index in [0.717, 1.165) is 23.1 Å². The third kappa shape index (κ3) is 3.97. The molecule has 1 aromatic heterocycles. The van der Waals surface area contributed by atoms with Crippen LogP contribution in [0.3, 0.4) is 0 Å². The van der Waals surface area contributed by atoms with E-state index in [1.54, 1.807) is 12.1 Å². The summed E-state index contributed by atoms with van der Waals surface area (Å²) in [5, 5.41) is 3.16. The molecule has 4 rings (SSSR count). The molecule has 0 aliphatic carbocycles. The number of nitrogens with zero attached hydrogens (tertiary/aromatic N) is 2. The van der Waals surface area contributed by atoms with Gasteiger partial charge in [0, 0.05) is 19.6 Å². The number of hydrogen-bond donors (Lipinski definition) is 1. The molecule has 1 fully saturated rings. The number of oxazole rings is 1. The van der Waals surface area contributed by atoms with Gasteiger partial charge in [0.25, 0.3) is 6.01 Å². The molecule has 2 aromatic carbocycles. The van der Waals surface area contributed by atoms with Gasteiger partial charge >= 0.3 is 0 Å². The van der Waals surface area contributed by atoms with Crippen LogP contribution in [0.15, 0.2) is 57.8 Å². The number of nitrogens with one attached hydrogen (secondary N) is 1. The van der Waals surface area contributed by atoms with Gasteiger partial charge in [0.2, 0.25) is 10.0 Å². The maximum atomic E-state index is 12.6. The van der Waals surface area contributed by atoms with Crippen molar-refractivity contribution in [3.8, 4) is 0 Å². The molecule has 0 amide bonds. The summed E-state index contributed by atoms with van der Waals surface area (Å²) < 4.78 is 37.6. The standard InChI is InChI=1S/C19H21N3O4S/c23-27(24,22-11-13-25-14-12-22)16-7-5-15(6-8-16)9-10-20-19-21-17-3-1-2-4-18(17)26-19/h1-8H,9-14H2,(H,20,21). The molecule has 0 radical (unpaired) electrons. The molecule has 27 heavy (non-hydrogen) atoms. The zero-order valence-corrected chi connectivity index (χ0v) is 15.6. The van der Waals surface area contributed by atoms with Crippen molar-refractivity contribution in [2.24, 2.45) is 0 Å². The number of benzene rings is 2. The fourth-order valence-electron chi connectivity index (χ4n) is 3.03. The highest BCUT2D eigenvalue weighted by molar-refractivity contribution is 7.89. The van der Waals surface area contributed by atoms with Crippen LogP contribution >= 0.6 is 0 Å². The summed E-state index contributed by atoms with van der Waals surface area (Å²) in [5.74, 6) is 0. The largest absolute Gasteiger partial charge is 0.424 e. The van der Waals surface area contributed by atoms with Gasteiger partial charge in [-0.1, -0.05) is 24.3 Å². The number of morpholine rings is 1. The van der Waals surface area contributed by atoms with Crippen molar-refractivity contribution in [1.82, 2.24) is 9.29 Å². The lowest BCUT2D eigenvalue weighted by Crippen LogP contribution is -2.40. The van der Waals surface area contributed by atoms with Crippen molar-refractivity contribution in [2.45, 2.75) is 11.3 Å². The van der Waals surface area contributed by atoms with Crippen LogP contribution in [0, 0.1) is 0 Å². The molecule has 0 bridgehead atoms. The van der Waals surface area contributed by atoms with Gasteiger partial charge in [0.15, 0.2) is 5.58 Å². The first-order valence-corrected chi connectivity index (χ1v) is 10.3. The molecular weight excluding hydrogens is 366 g/mol. The van der Waals surface area contributed by atoms with E-state index >= 15 is 0 Å². The lowest BCUT2D eigenvalue weighted by molar-refractivity contribution is 0.0730. The highest BCUT2D eigenvalue weighted by Crippen LogP contribution is 2.19. The fourth-order valence-corrected chi connectivity index (χ4v) is 4.43. The molecule has 1 saturated heterocycles. The van der Waals surface area contributed by atoms with Gasteiger partial charge < -0.3 is 14.5 Å². The minimum absolute atomic E-state index is 0.320. The molecule has 0 saturated carbocycles. The first-order chi connectivity index (χ1) is 13.1. The topological polar surface area (TPSA) is 84.7 Å². The summed E-state index contributed by atoms with van der Waals surface area (Å²) in [7, 11) is -3.44. The second kappa shape index (κ2) is 7.67. The number of para-hydroxylation sites is 2. The fraction of sp³-hybridized carbons (Fsp3) is 0.316. The number of anilines is 1. The normalized spacial score (nSPS) is 15.9. The highest BCUT2D eigenvalue weighted by Gasteiger charge is 2.25. The van der Waals surface area contributed by atoms with E-state index in [1.807, 2.05) is 36.4 Å². The van der Waals surface area contributed by atoms with E-state index in [-0.39, 0.29) is 0 Å². The Morgan fingerprint density at radius 3 is 2.52 bits per heavy atom. The van der Waals surface area contributed by atoms with Crippen LogP contribution in [-0.2, 0) is 21.2 Å². The lowest BCUT2D eigenvalue weighted by Gasteiger charge is -2.26. The number of aromatic nitrogens is 1. The monoisotopic (exact) mass is 387 g/mol. The minimum Gasteiger partial charge on any atom is -0.424 e. The first kappa shape index (κ1) is 18.0. The van der Waals surface area contributed by atoms with Crippen molar-refractivity contribution in [2.75, 3.05) is 38.2 Å². The van der Waals surface area contributed by atoms with Crippen LogP contribution in [0.25, 0.3) is 11.1 Å². The predicted molar refractivity (Wildman–Crippen MR) is 102 cm³/mol. The molecule has 2 heterocycles. The summed E-state index contributed by atoms with van der Waals surface area (Å²) in [6.45, 7) is 2.33. The number of sulfonamides is 1. The molecule has 0 spiro atoms. The van der Waals surface area contributed by atoms with Gasteiger partial charge in [0.1, 0.15) is 5.52 Å². The van der Waals surface area contributed by atoms with Crippen LogP contribution in [0.1, 0.15) is 5.56 Å². The molecule has 3 aromatic rings. The highest BCUT2D eigenvalue weighted by atomic mass is 32.2. The molecule has 1 aliphatic rings. The number of hydrogen-bond acceptors (Lipinski definition) is 6. The van der Waals surface area contributed by atoms with E-state index in [2.05, 4.69) is 10.3 Å². The summed E-state index contributed by atoms with van der Waals surface area (Å²) in [4.78, 5) is 4.69. The van der Waals surface area contributed by atoms with E-state index in [0.29, 0.717) is 43.8 Å². The Balaban J connectivity index is 1.36. The van der Waals surface area contributed by atoms with E-state index in [9.17, 15) is 8.42 Å². The van der Waals surface area contributed by atoms with Crippen molar-refractivity contribution in [1.29, 1.82) is 0 Å². The average Bonchev–Trinajstić information content (AvgIpc) is 3.12. The van der Waals surface area contributed by atoms with Crippen molar-refractivity contribution >= 4 is 27.1 Å². The molecular formula is C19H21N3O4S. The van der Waals surface area contributed by atoms with Gasteiger partial charge in [-0.3, -0.25) is 0 Å². The Labute approximate surface area is 158 Å². The summed E-state index contributed by atoms with van der Waals surface area (Å²) in [6, 6.07) is 15.1. The molecule has 7 nitrogen and oxygen atoms in total. The Hall–Kier alpha value is -2.42. The second-order valence-corrected chi connectivity index (χ2v) is 8.26. The molecule has 0 atom stereocenters. The second-order valence-electron chi connectivity index (χ2n) is 6.32. The molecule has 1 N–H and O–H groups in total. The van der Waals surface area contributed by atoms with Crippen molar-refractivity contribution in [3.63, 3.8) is 0 Å². The SMILES string of the molecule is O=S(=O)(c1ccc(CCNc2nc3ccccc3o2)cc1)N1CCOCC1. The van der Waals surface area contributed by atoms with Crippen LogP contribution in [0.4, 0.5) is 6.01 Å². The maximum Gasteiger partial charge on any atom is 0.295 e. The van der Waals surface area contributed by atoms with E-state index in [4.69, 9.17) is 9.15 Å². The first-order valence-electron chi connectivity index (χ1n) is 8.89. The van der Waals surface area contributed by atoms with E-state index < -0.39 is 10.0 Å². The lowest BCUT2D eigenvalue weighted by atomic mass is 10.1. The minimum atomic E-state index is -3.44. The quantitative estimate of drug-likeness (QED) is 0.700. The van der Waals surface area contributed by atoms with Gasteiger partial charge in [-0.2, -0.15) is 9.29 Å². The van der Waals surface area contributed by atoms with E-state index in [1.165, 1.54) is 4.31 Å². The molecule has 1 aliphatic heterocycles. The zero-order chi connectivity index (χ0) is 18.7. The van der Waals surface area contributed by atoms with Crippen LogP contribution in [0.5, 0.6) is 0 Å². The van der Waals surface area contributed by atoms with Crippen molar-refractivity contribution < 1.29 is 17.6 Å². The summed E-state index contributed by atoms with van der Waals surface area (Å²) in [6.07, 6.45) is 0.733. The van der Waals surface area contributed by atoms with Crippen LogP contribution in [0.2, 0.25) is 0 Å². The smallest absolute Gasteiger partial charge is 0.295 e. The van der Waals surface area contributed by atoms with Gasteiger partial charge in [-0.15, -0.1) is 0 Å². The zero-order valence-electron chi connectivity index (χ0n) is 14.8. The summed E-state index contributed by atoms with van der Waals surface area (Å²) in [5.41, 5.74) is 2.61. The molecule has 142 valence electrons. The van der Waals surface area contributed by atoms with Crippen LogP contribution < -0.4 is 5.32 Å². The Bertz CT molecular complexity index is 976. The summed E-state index contributed by atoms with van der Waals surface area (Å²) >= 11 is 0. The third-order valence-electron chi connectivity index (χ3n) is 4.51. The number of ether oxygens (including phenoxy) is 1. The molecule has 0 unspecified atom stereocenters. The Morgan fingerprint density at radius 2 is 1.78 bits per heavy atom. The number of fused-ring (bicyclic) bond motifs is 1.